The third-order valence-corrected chi connectivity index (χ3v) is 13.5. The molecular formula is C36H50F6N2O8. The Morgan fingerprint density at radius 3 is 1.50 bits per heavy atom. The molecule has 6 saturated heterocycles. The van der Waals surface area contributed by atoms with E-state index in [0.29, 0.717) is 70.8 Å². The van der Waals surface area contributed by atoms with Gasteiger partial charge in [-0.25, -0.2) is 19.6 Å². The number of rotatable bonds is 8. The van der Waals surface area contributed by atoms with Crippen LogP contribution in [0, 0.1) is 35.5 Å². The molecule has 0 aromatic heterocycles. The second kappa shape index (κ2) is 12.7. The number of nitrogens with two attached hydrogens (primary N) is 1. The smallest absolute Gasteiger partial charge is 0.449 e. The van der Waals surface area contributed by atoms with Crippen LogP contribution in [0.2, 0.25) is 0 Å². The summed E-state index contributed by atoms with van der Waals surface area (Å²) < 4.78 is 115. The predicted molar refractivity (Wildman–Crippen MR) is 169 cm³/mol. The summed E-state index contributed by atoms with van der Waals surface area (Å²) in [5.41, 5.74) is 2.95. The Kier molecular flexibility index (Phi) is 9.09. The van der Waals surface area contributed by atoms with Crippen LogP contribution in [-0.4, -0.2) is 78.8 Å². The predicted octanol–water partition coefficient (Wildman–Crippen LogP) is 7.15. The lowest BCUT2D eigenvalue weighted by Gasteiger charge is -2.58. The molecule has 0 radical (unpaired) electrons. The van der Waals surface area contributed by atoms with Crippen LogP contribution < -0.4 is 5.73 Å². The lowest BCUT2D eigenvalue weighted by Crippen LogP contribution is -2.68. The van der Waals surface area contributed by atoms with E-state index >= 15 is 26.3 Å². The molecule has 8 heterocycles. The molecule has 8 fully saturated rings. The summed E-state index contributed by atoms with van der Waals surface area (Å²) in [6.45, 7) is 7.19. The minimum atomic E-state index is -4.91. The molecule has 4 bridgehead atoms. The van der Waals surface area contributed by atoms with Crippen LogP contribution in [0.3, 0.4) is 0 Å². The van der Waals surface area contributed by atoms with Crippen LogP contribution in [0.15, 0.2) is 22.7 Å². The van der Waals surface area contributed by atoms with Crippen LogP contribution in [0.4, 0.5) is 26.3 Å². The highest BCUT2D eigenvalue weighted by Crippen LogP contribution is 2.63. The third-order valence-electron chi connectivity index (χ3n) is 13.5. The highest BCUT2D eigenvalue weighted by molar-refractivity contribution is 5.32. The maximum atomic E-state index is 15.1. The van der Waals surface area contributed by atoms with Gasteiger partial charge < -0.3 is 24.7 Å². The van der Waals surface area contributed by atoms with Gasteiger partial charge in [-0.1, -0.05) is 13.8 Å². The zero-order valence-electron chi connectivity index (χ0n) is 30.1. The van der Waals surface area contributed by atoms with Gasteiger partial charge in [0.25, 0.3) is 0 Å². The van der Waals surface area contributed by atoms with Crippen molar-refractivity contribution in [2.45, 2.75) is 140 Å². The molecule has 2 aliphatic carbocycles. The zero-order chi connectivity index (χ0) is 37.1. The van der Waals surface area contributed by atoms with Gasteiger partial charge in [0.1, 0.15) is 0 Å². The van der Waals surface area contributed by atoms with Crippen LogP contribution in [-0.2, 0) is 38.5 Å². The molecule has 0 aromatic carbocycles. The lowest BCUT2D eigenvalue weighted by atomic mass is 9.59. The number of ether oxygens (including phenoxy) is 4. The molecule has 10 rings (SSSR count). The monoisotopic (exact) mass is 752 g/mol. The summed E-state index contributed by atoms with van der Waals surface area (Å²) in [5, 5.41) is 0. The third kappa shape index (κ3) is 5.74. The summed E-state index contributed by atoms with van der Waals surface area (Å²) >= 11 is 0. The number of hydrogen-bond acceptors (Lipinski definition) is 10. The molecule has 8 aliphatic heterocycles. The number of hydrogen-bond donors (Lipinski definition) is 1. The summed E-state index contributed by atoms with van der Waals surface area (Å²) in [5.74, 6) is -6.87. The first kappa shape index (κ1) is 37.3. The second-order valence-corrected chi connectivity index (χ2v) is 16.9. The molecule has 10 aliphatic rings. The molecule has 2 spiro atoms. The second-order valence-electron chi connectivity index (χ2n) is 16.9. The molecule has 52 heavy (non-hydrogen) atoms. The van der Waals surface area contributed by atoms with E-state index in [1.54, 1.807) is 18.7 Å². The zero-order valence-corrected chi connectivity index (χ0v) is 30.1. The van der Waals surface area contributed by atoms with Gasteiger partial charge in [0, 0.05) is 49.6 Å². The summed E-state index contributed by atoms with van der Waals surface area (Å²) in [4.78, 5) is 25.6. The van der Waals surface area contributed by atoms with Crippen molar-refractivity contribution in [1.82, 2.24) is 4.90 Å². The van der Waals surface area contributed by atoms with Crippen molar-refractivity contribution in [3.63, 3.8) is 0 Å². The normalized spacial score (nSPS) is 45.6. The largest absolute Gasteiger partial charge is 0.456 e. The first-order valence-corrected chi connectivity index (χ1v) is 18.9. The Hall–Kier alpha value is -1.66. The van der Waals surface area contributed by atoms with E-state index in [2.05, 4.69) is 13.8 Å². The number of allylic oxidation sites excluding steroid dienone is 2. The van der Waals surface area contributed by atoms with Gasteiger partial charge >= 0.3 is 12.4 Å². The van der Waals surface area contributed by atoms with E-state index in [1.165, 1.54) is 0 Å². The minimum absolute atomic E-state index is 0.0750. The average Bonchev–Trinajstić information content (AvgIpc) is 3.44. The van der Waals surface area contributed by atoms with Gasteiger partial charge in [-0.05, 0) is 101 Å². The van der Waals surface area contributed by atoms with Gasteiger partial charge in [0.2, 0.25) is 35.7 Å². The van der Waals surface area contributed by atoms with Gasteiger partial charge in [0.15, 0.2) is 11.2 Å². The SMILES string of the molecule is C[C@@H]1CC[C@H]2C(CN(CCCCN)CC3=C(C(F)(F)F)O[C@@H]4OC5(C)CC[C@H]6[C@H](C)CC[C@@H]3[C@@]46OO5)=C(C(F)(F)F)O[C@@H]3OC4(C)CC[C@@H]1[C@]32OO4. The first-order chi connectivity index (χ1) is 24.4. The van der Waals surface area contributed by atoms with Gasteiger partial charge in [0.05, 0.1) is 0 Å². The molecule has 10 nitrogen and oxygen atoms in total. The molecule has 0 aromatic rings. The Balaban J connectivity index is 1.21. The molecule has 16 heteroatoms. The molecule has 2 N–H and O–H groups in total. The quantitative estimate of drug-likeness (QED) is 0.156. The molecule has 2 saturated carbocycles. The van der Waals surface area contributed by atoms with Crippen molar-refractivity contribution in [3.8, 4) is 0 Å². The van der Waals surface area contributed by atoms with Crippen molar-refractivity contribution in [2.75, 3.05) is 26.2 Å². The van der Waals surface area contributed by atoms with Crippen molar-refractivity contribution < 1.29 is 64.8 Å². The van der Waals surface area contributed by atoms with Crippen molar-refractivity contribution >= 4 is 0 Å². The number of halogens is 6. The highest BCUT2D eigenvalue weighted by atomic mass is 19.4. The first-order valence-electron chi connectivity index (χ1n) is 18.9. The van der Waals surface area contributed by atoms with Crippen LogP contribution in [0.5, 0.6) is 0 Å². The van der Waals surface area contributed by atoms with E-state index < -0.39 is 71.1 Å². The van der Waals surface area contributed by atoms with E-state index in [4.69, 9.17) is 44.2 Å². The minimum Gasteiger partial charge on any atom is -0.456 e. The fourth-order valence-corrected chi connectivity index (χ4v) is 11.0. The summed E-state index contributed by atoms with van der Waals surface area (Å²) in [6.07, 6.45) is -7.66. The molecule has 2 unspecified atom stereocenters. The van der Waals surface area contributed by atoms with Crippen LogP contribution in [0.25, 0.3) is 0 Å². The number of nitrogens with zero attached hydrogens (tertiary/aromatic N) is 1. The molecule has 0 amide bonds. The summed E-state index contributed by atoms with van der Waals surface area (Å²) in [7, 11) is 0. The maximum Gasteiger partial charge on any atom is 0.449 e. The molecule has 294 valence electrons. The molecular weight excluding hydrogens is 702 g/mol. The van der Waals surface area contributed by atoms with E-state index in [0.717, 1.165) is 0 Å². The Labute approximate surface area is 299 Å². The average molecular weight is 753 g/mol. The van der Waals surface area contributed by atoms with Gasteiger partial charge in [-0.3, -0.25) is 4.90 Å². The van der Waals surface area contributed by atoms with Crippen LogP contribution in [0.1, 0.15) is 91.9 Å². The van der Waals surface area contributed by atoms with E-state index in [9.17, 15) is 0 Å². The highest BCUT2D eigenvalue weighted by Gasteiger charge is 2.72. The number of alkyl halides is 6. The van der Waals surface area contributed by atoms with E-state index in [-0.39, 0.29) is 54.5 Å². The van der Waals surface area contributed by atoms with Crippen molar-refractivity contribution in [2.24, 2.45) is 41.2 Å². The van der Waals surface area contributed by atoms with Gasteiger partial charge in [-0.2, -0.15) is 26.3 Å². The van der Waals surface area contributed by atoms with Gasteiger partial charge in [-0.15, -0.1) is 0 Å². The van der Waals surface area contributed by atoms with E-state index in [1.807, 2.05) is 0 Å². The fraction of sp³-hybridized carbons (Fsp3) is 0.889. The fourth-order valence-electron chi connectivity index (χ4n) is 11.0. The van der Waals surface area contributed by atoms with Crippen molar-refractivity contribution in [3.05, 3.63) is 22.7 Å². The number of unbranched alkanes of at least 4 members (excludes halogenated alkanes) is 1. The van der Waals surface area contributed by atoms with Crippen molar-refractivity contribution in [1.29, 1.82) is 0 Å². The summed E-state index contributed by atoms with van der Waals surface area (Å²) in [6, 6.07) is 0. The lowest BCUT2D eigenvalue weighted by molar-refractivity contribution is -0.558. The van der Waals surface area contributed by atoms with Crippen LogP contribution >= 0.6 is 0 Å². The standard InChI is InChI=1S/C36H50F6N2O8/c1-19-7-9-25-21(27(35(37,38)39)45-29-33(25)23(19)11-13-31(3,47-29)49-51-33)17-44(16-6-5-15-43)18-22-26-10-8-20(2)24-12-14-32(4)48-30(34(24,26)52-50-32)46-28(22)36(40,41)42/h19-20,23-26,29-30H,5-18,43H2,1-4H3/t19-,20-,23+,24+,25+,26+,29-,30-,31?,32?,33-,34-/m1/s1. The Morgan fingerprint density at radius 2 is 1.10 bits per heavy atom. The molecule has 12 atom stereocenters. The Bertz CT molecular complexity index is 1370. The Morgan fingerprint density at radius 1 is 0.654 bits per heavy atom. The number of fused-ring (bicyclic) bond motifs is 4. The topological polar surface area (TPSA) is 103 Å². The maximum absolute atomic E-state index is 15.1.